The summed E-state index contributed by atoms with van der Waals surface area (Å²) in [6.07, 6.45) is 1.66. The molecule has 0 spiro atoms. The van der Waals surface area contributed by atoms with E-state index in [1.807, 2.05) is 49.4 Å². The molecule has 0 radical (unpaired) electrons. The maximum Gasteiger partial charge on any atom is 0.216 e. The SMILES string of the molecule is COc1cccc(/C=N/n2c(C)n[nH]c2=S)c1OCc1ccccc1Cl. The molecule has 0 aliphatic heterocycles. The first-order valence-electron chi connectivity index (χ1n) is 7.81. The van der Waals surface area contributed by atoms with Gasteiger partial charge in [-0.05, 0) is 37.3 Å². The molecule has 26 heavy (non-hydrogen) atoms. The molecule has 0 fully saturated rings. The number of aryl methyl sites for hydroxylation is 1. The number of benzene rings is 2. The summed E-state index contributed by atoms with van der Waals surface area (Å²) in [5, 5.41) is 11.8. The second-order valence-corrected chi connectivity index (χ2v) is 6.18. The minimum absolute atomic E-state index is 0.311. The quantitative estimate of drug-likeness (QED) is 0.503. The lowest BCUT2D eigenvalue weighted by Gasteiger charge is -2.13. The molecule has 0 bridgehead atoms. The Balaban J connectivity index is 1.91. The number of halogens is 1. The van der Waals surface area contributed by atoms with E-state index in [-0.39, 0.29) is 0 Å². The van der Waals surface area contributed by atoms with Crippen LogP contribution in [-0.4, -0.2) is 28.2 Å². The third-order valence-corrected chi connectivity index (χ3v) is 4.32. The molecule has 0 unspecified atom stereocenters. The number of ether oxygens (including phenoxy) is 2. The molecule has 0 saturated heterocycles. The van der Waals surface area contributed by atoms with E-state index >= 15 is 0 Å². The molecular weight excluding hydrogens is 372 g/mol. The van der Waals surface area contributed by atoms with E-state index in [4.69, 9.17) is 33.3 Å². The van der Waals surface area contributed by atoms with Gasteiger partial charge in [-0.2, -0.15) is 14.9 Å². The molecule has 134 valence electrons. The molecule has 0 amide bonds. The zero-order valence-electron chi connectivity index (χ0n) is 14.3. The van der Waals surface area contributed by atoms with E-state index in [2.05, 4.69) is 15.3 Å². The van der Waals surface area contributed by atoms with Crippen molar-refractivity contribution in [3.63, 3.8) is 0 Å². The average molecular weight is 389 g/mol. The van der Waals surface area contributed by atoms with Crippen LogP contribution in [0.25, 0.3) is 0 Å². The van der Waals surface area contributed by atoms with Crippen molar-refractivity contribution < 1.29 is 9.47 Å². The highest BCUT2D eigenvalue weighted by Crippen LogP contribution is 2.31. The van der Waals surface area contributed by atoms with Gasteiger partial charge in [-0.25, -0.2) is 0 Å². The van der Waals surface area contributed by atoms with E-state index in [1.54, 1.807) is 13.3 Å². The molecule has 0 aliphatic rings. The highest BCUT2D eigenvalue weighted by Gasteiger charge is 2.11. The minimum atomic E-state index is 0.311. The molecule has 6 nitrogen and oxygen atoms in total. The third kappa shape index (κ3) is 3.95. The summed E-state index contributed by atoms with van der Waals surface area (Å²) in [5.74, 6) is 1.84. The highest BCUT2D eigenvalue weighted by molar-refractivity contribution is 7.71. The number of para-hydroxylation sites is 1. The van der Waals surface area contributed by atoms with Gasteiger partial charge in [-0.15, -0.1) is 0 Å². The number of hydrogen-bond donors (Lipinski definition) is 1. The first kappa shape index (κ1) is 18.2. The van der Waals surface area contributed by atoms with Crippen molar-refractivity contribution in [1.82, 2.24) is 14.9 Å². The van der Waals surface area contributed by atoms with E-state index in [0.29, 0.717) is 33.7 Å². The van der Waals surface area contributed by atoms with Gasteiger partial charge in [0.05, 0.1) is 13.3 Å². The van der Waals surface area contributed by atoms with Gasteiger partial charge in [-0.1, -0.05) is 35.9 Å². The fourth-order valence-corrected chi connectivity index (χ4v) is 2.76. The van der Waals surface area contributed by atoms with Gasteiger partial charge >= 0.3 is 0 Å². The Morgan fingerprint density at radius 3 is 2.77 bits per heavy atom. The lowest BCUT2D eigenvalue weighted by atomic mass is 10.2. The molecule has 1 heterocycles. The fraction of sp³-hybridized carbons (Fsp3) is 0.167. The highest BCUT2D eigenvalue weighted by atomic mass is 35.5. The molecule has 3 rings (SSSR count). The van der Waals surface area contributed by atoms with Crippen LogP contribution in [0.1, 0.15) is 17.0 Å². The van der Waals surface area contributed by atoms with Crippen molar-refractivity contribution in [3.8, 4) is 11.5 Å². The van der Waals surface area contributed by atoms with Crippen LogP contribution in [0.3, 0.4) is 0 Å². The van der Waals surface area contributed by atoms with Gasteiger partial charge < -0.3 is 9.47 Å². The van der Waals surface area contributed by atoms with Crippen LogP contribution in [0, 0.1) is 11.7 Å². The lowest BCUT2D eigenvalue weighted by Crippen LogP contribution is -2.02. The molecule has 8 heteroatoms. The fourth-order valence-electron chi connectivity index (χ4n) is 2.34. The molecule has 1 aromatic heterocycles. The summed E-state index contributed by atoms with van der Waals surface area (Å²) >= 11 is 11.4. The van der Waals surface area contributed by atoms with Crippen molar-refractivity contribution in [1.29, 1.82) is 0 Å². The molecule has 3 aromatic rings. The Hall–Kier alpha value is -2.64. The number of methoxy groups -OCH3 is 1. The van der Waals surface area contributed by atoms with Crippen molar-refractivity contribution >= 4 is 30.0 Å². The van der Waals surface area contributed by atoms with Crippen LogP contribution < -0.4 is 9.47 Å². The van der Waals surface area contributed by atoms with Gasteiger partial charge in [-0.3, -0.25) is 5.10 Å². The Kier molecular flexibility index (Phi) is 5.70. The van der Waals surface area contributed by atoms with Crippen molar-refractivity contribution in [2.24, 2.45) is 5.10 Å². The molecule has 0 aliphatic carbocycles. The number of aromatic nitrogens is 3. The number of nitrogens with zero attached hydrogens (tertiary/aromatic N) is 3. The predicted molar refractivity (Wildman–Crippen MR) is 104 cm³/mol. The van der Waals surface area contributed by atoms with Crippen molar-refractivity contribution in [2.45, 2.75) is 13.5 Å². The molecule has 2 aromatic carbocycles. The maximum atomic E-state index is 6.20. The minimum Gasteiger partial charge on any atom is -0.493 e. The Labute approximate surface area is 161 Å². The molecule has 0 atom stereocenters. The van der Waals surface area contributed by atoms with Gasteiger partial charge in [0, 0.05) is 16.1 Å². The predicted octanol–water partition coefficient (Wildman–Crippen LogP) is 4.37. The first-order chi connectivity index (χ1) is 12.6. The zero-order valence-corrected chi connectivity index (χ0v) is 15.8. The average Bonchev–Trinajstić information content (AvgIpc) is 2.97. The van der Waals surface area contributed by atoms with Crippen LogP contribution in [0.5, 0.6) is 11.5 Å². The second kappa shape index (κ2) is 8.16. The standard InChI is InChI=1S/C18H17ClN4O2S/c1-12-21-22-18(26)23(12)20-10-13-7-5-9-16(24-2)17(13)25-11-14-6-3-4-8-15(14)19/h3-10H,11H2,1-2H3,(H,22,26)/b20-10+. The summed E-state index contributed by atoms with van der Waals surface area (Å²) in [7, 11) is 1.59. The van der Waals surface area contributed by atoms with Crippen LogP contribution >= 0.6 is 23.8 Å². The van der Waals surface area contributed by atoms with E-state index in [1.165, 1.54) is 4.68 Å². The molecule has 1 N–H and O–H groups in total. The Morgan fingerprint density at radius 2 is 2.08 bits per heavy atom. The number of aromatic amines is 1. The van der Waals surface area contributed by atoms with E-state index in [9.17, 15) is 0 Å². The Bertz CT molecular complexity index is 997. The lowest BCUT2D eigenvalue weighted by molar-refractivity contribution is 0.284. The smallest absolute Gasteiger partial charge is 0.216 e. The molecular formula is C18H17ClN4O2S. The normalized spacial score (nSPS) is 11.0. The maximum absolute atomic E-state index is 6.20. The summed E-state index contributed by atoms with van der Waals surface area (Å²) in [4.78, 5) is 0. The zero-order chi connectivity index (χ0) is 18.5. The van der Waals surface area contributed by atoms with Crippen LogP contribution in [-0.2, 0) is 6.61 Å². The van der Waals surface area contributed by atoms with Crippen LogP contribution in [0.4, 0.5) is 0 Å². The van der Waals surface area contributed by atoms with Gasteiger partial charge in [0.25, 0.3) is 0 Å². The van der Waals surface area contributed by atoms with Gasteiger partial charge in [0.2, 0.25) is 4.77 Å². The van der Waals surface area contributed by atoms with Crippen molar-refractivity contribution in [3.05, 3.63) is 69.2 Å². The summed E-state index contributed by atoms with van der Waals surface area (Å²) in [5.41, 5.74) is 1.63. The third-order valence-electron chi connectivity index (χ3n) is 3.68. The summed E-state index contributed by atoms with van der Waals surface area (Å²) in [6.45, 7) is 2.12. The summed E-state index contributed by atoms with van der Waals surface area (Å²) in [6, 6.07) is 13.1. The number of rotatable bonds is 6. The monoisotopic (exact) mass is 388 g/mol. The largest absolute Gasteiger partial charge is 0.493 e. The number of H-pyrrole nitrogens is 1. The first-order valence-corrected chi connectivity index (χ1v) is 8.60. The van der Waals surface area contributed by atoms with Crippen LogP contribution in [0.2, 0.25) is 5.02 Å². The van der Waals surface area contributed by atoms with Crippen molar-refractivity contribution in [2.75, 3.05) is 7.11 Å². The second-order valence-electron chi connectivity index (χ2n) is 5.39. The Morgan fingerprint density at radius 1 is 1.27 bits per heavy atom. The number of hydrogen-bond acceptors (Lipinski definition) is 5. The van der Waals surface area contributed by atoms with Gasteiger partial charge in [0.1, 0.15) is 12.4 Å². The molecule has 0 saturated carbocycles. The van der Waals surface area contributed by atoms with Crippen LogP contribution in [0.15, 0.2) is 47.6 Å². The van der Waals surface area contributed by atoms with Gasteiger partial charge in [0.15, 0.2) is 11.5 Å². The van der Waals surface area contributed by atoms with E-state index in [0.717, 1.165) is 11.1 Å². The number of nitrogens with one attached hydrogen (secondary N) is 1. The topological polar surface area (TPSA) is 64.4 Å². The summed E-state index contributed by atoms with van der Waals surface area (Å²) < 4.78 is 13.4. The van der Waals surface area contributed by atoms with E-state index < -0.39 is 0 Å².